The third kappa shape index (κ3) is 5.80. The first-order chi connectivity index (χ1) is 15.6. The van der Waals surface area contributed by atoms with E-state index in [9.17, 15) is 9.18 Å². The van der Waals surface area contributed by atoms with Crippen LogP contribution in [0.2, 0.25) is 0 Å². The summed E-state index contributed by atoms with van der Waals surface area (Å²) in [5, 5.41) is 0. The molecule has 0 atom stereocenters. The van der Waals surface area contributed by atoms with Crippen molar-refractivity contribution in [1.82, 2.24) is 9.80 Å². The summed E-state index contributed by atoms with van der Waals surface area (Å²) < 4.78 is 19.4. The summed E-state index contributed by atoms with van der Waals surface area (Å²) in [6, 6.07) is 12.8. The van der Waals surface area contributed by atoms with E-state index in [2.05, 4.69) is 21.9 Å². The lowest BCUT2D eigenvalue weighted by atomic mass is 10.1. The Bertz CT molecular complexity index is 888. The van der Waals surface area contributed by atoms with E-state index in [1.54, 1.807) is 19.1 Å². The van der Waals surface area contributed by atoms with Crippen molar-refractivity contribution in [2.75, 3.05) is 57.3 Å². The first-order valence-electron chi connectivity index (χ1n) is 11.9. The van der Waals surface area contributed by atoms with Crippen molar-refractivity contribution in [3.05, 3.63) is 59.4 Å². The standard InChI is InChI=1S/C26H34FN3O2/c1-21-20-22(6-11-25(21)27)26(31)30-17-15-29(16-18-30)23-7-9-24(10-8-23)32-19-5-14-28-12-3-2-4-13-28/h6-11,20H,2-5,12-19H2,1H3. The van der Waals surface area contributed by atoms with Crippen molar-refractivity contribution in [2.24, 2.45) is 0 Å². The molecule has 0 spiro atoms. The molecule has 0 saturated carbocycles. The minimum atomic E-state index is -0.277. The monoisotopic (exact) mass is 439 g/mol. The van der Waals surface area contributed by atoms with Crippen LogP contribution in [-0.2, 0) is 0 Å². The van der Waals surface area contributed by atoms with Crippen LogP contribution in [-0.4, -0.2) is 68.1 Å². The first kappa shape index (κ1) is 22.6. The molecule has 2 aromatic rings. The average molecular weight is 440 g/mol. The van der Waals surface area contributed by atoms with Gasteiger partial charge in [-0.25, -0.2) is 4.39 Å². The van der Waals surface area contributed by atoms with Crippen LogP contribution in [0.5, 0.6) is 5.75 Å². The van der Waals surface area contributed by atoms with Gasteiger partial charge in [0.15, 0.2) is 0 Å². The first-order valence-corrected chi connectivity index (χ1v) is 11.9. The Morgan fingerprint density at radius 2 is 1.66 bits per heavy atom. The molecule has 0 N–H and O–H groups in total. The van der Waals surface area contributed by atoms with Gasteiger partial charge >= 0.3 is 0 Å². The van der Waals surface area contributed by atoms with Crippen LogP contribution in [0, 0.1) is 12.7 Å². The minimum absolute atomic E-state index is 0.0268. The Kier molecular flexibility index (Phi) is 7.63. The number of benzene rings is 2. The zero-order chi connectivity index (χ0) is 22.3. The highest BCUT2D eigenvalue weighted by molar-refractivity contribution is 5.94. The van der Waals surface area contributed by atoms with E-state index in [-0.39, 0.29) is 11.7 Å². The predicted molar refractivity (Wildman–Crippen MR) is 126 cm³/mol. The lowest BCUT2D eigenvalue weighted by Crippen LogP contribution is -2.48. The number of ether oxygens (including phenoxy) is 1. The number of hydrogen-bond donors (Lipinski definition) is 0. The van der Waals surface area contributed by atoms with Crippen molar-refractivity contribution in [1.29, 1.82) is 0 Å². The average Bonchev–Trinajstić information content (AvgIpc) is 2.84. The molecule has 2 heterocycles. The van der Waals surface area contributed by atoms with Gasteiger partial charge in [0, 0.05) is 44.0 Å². The number of carbonyl (C=O) groups is 1. The lowest BCUT2D eigenvalue weighted by Gasteiger charge is -2.36. The summed E-state index contributed by atoms with van der Waals surface area (Å²) in [6.45, 7) is 8.90. The molecule has 32 heavy (non-hydrogen) atoms. The van der Waals surface area contributed by atoms with Crippen molar-refractivity contribution in [3.8, 4) is 5.75 Å². The fourth-order valence-electron chi connectivity index (χ4n) is 4.54. The summed E-state index contributed by atoms with van der Waals surface area (Å²) in [5.74, 6) is 0.606. The van der Waals surface area contributed by atoms with Crippen LogP contribution < -0.4 is 9.64 Å². The van der Waals surface area contributed by atoms with Gasteiger partial charge in [-0.15, -0.1) is 0 Å². The highest BCUT2D eigenvalue weighted by atomic mass is 19.1. The molecule has 2 fully saturated rings. The molecular weight excluding hydrogens is 405 g/mol. The van der Waals surface area contributed by atoms with E-state index in [1.807, 2.05) is 17.0 Å². The van der Waals surface area contributed by atoms with Gasteiger partial charge in [0.25, 0.3) is 5.91 Å². The quantitative estimate of drug-likeness (QED) is 0.601. The summed E-state index contributed by atoms with van der Waals surface area (Å²) in [7, 11) is 0. The second-order valence-electron chi connectivity index (χ2n) is 8.84. The van der Waals surface area contributed by atoms with E-state index in [0.717, 1.165) is 44.1 Å². The Labute approximate surface area is 190 Å². The molecule has 5 nitrogen and oxygen atoms in total. The zero-order valence-corrected chi connectivity index (χ0v) is 19.1. The number of rotatable bonds is 7. The number of anilines is 1. The lowest BCUT2D eigenvalue weighted by molar-refractivity contribution is 0.0746. The van der Waals surface area contributed by atoms with Gasteiger partial charge in [0.05, 0.1) is 6.61 Å². The van der Waals surface area contributed by atoms with Gasteiger partial charge in [-0.05, 0) is 87.3 Å². The predicted octanol–water partition coefficient (Wildman–Crippen LogP) is 4.35. The highest BCUT2D eigenvalue weighted by Crippen LogP contribution is 2.22. The highest BCUT2D eigenvalue weighted by Gasteiger charge is 2.22. The summed E-state index contributed by atoms with van der Waals surface area (Å²) in [6.07, 6.45) is 5.09. The molecule has 4 rings (SSSR count). The fraction of sp³-hybridized carbons (Fsp3) is 0.500. The second kappa shape index (κ2) is 10.8. The van der Waals surface area contributed by atoms with E-state index < -0.39 is 0 Å². The topological polar surface area (TPSA) is 36.0 Å². The maximum atomic E-state index is 13.5. The maximum absolute atomic E-state index is 13.5. The van der Waals surface area contributed by atoms with Crippen LogP contribution in [0.4, 0.5) is 10.1 Å². The Morgan fingerprint density at radius 1 is 0.938 bits per heavy atom. The molecule has 6 heteroatoms. The summed E-state index contributed by atoms with van der Waals surface area (Å²) >= 11 is 0. The number of nitrogens with zero attached hydrogens (tertiary/aromatic N) is 3. The number of amides is 1. The van der Waals surface area contributed by atoms with Crippen LogP contribution in [0.1, 0.15) is 41.6 Å². The van der Waals surface area contributed by atoms with E-state index in [1.165, 1.54) is 38.4 Å². The third-order valence-corrected chi connectivity index (χ3v) is 6.51. The van der Waals surface area contributed by atoms with E-state index in [4.69, 9.17) is 4.74 Å². The molecule has 0 radical (unpaired) electrons. The van der Waals surface area contributed by atoms with Gasteiger partial charge in [-0.2, -0.15) is 0 Å². The largest absolute Gasteiger partial charge is 0.494 e. The van der Waals surface area contributed by atoms with Gasteiger partial charge in [-0.3, -0.25) is 4.79 Å². The van der Waals surface area contributed by atoms with Crippen LogP contribution in [0.15, 0.2) is 42.5 Å². The molecule has 2 aliphatic heterocycles. The van der Waals surface area contributed by atoms with Crippen LogP contribution in [0.25, 0.3) is 0 Å². The third-order valence-electron chi connectivity index (χ3n) is 6.51. The Morgan fingerprint density at radius 3 is 2.34 bits per heavy atom. The maximum Gasteiger partial charge on any atom is 0.253 e. The molecule has 0 aromatic heterocycles. The number of piperidine rings is 1. The van der Waals surface area contributed by atoms with E-state index in [0.29, 0.717) is 24.2 Å². The van der Waals surface area contributed by atoms with Gasteiger partial charge in [0.2, 0.25) is 0 Å². The number of carbonyl (C=O) groups excluding carboxylic acids is 1. The van der Waals surface area contributed by atoms with E-state index >= 15 is 0 Å². The van der Waals surface area contributed by atoms with Crippen molar-refractivity contribution in [3.63, 3.8) is 0 Å². The summed E-state index contributed by atoms with van der Waals surface area (Å²) in [4.78, 5) is 19.4. The zero-order valence-electron chi connectivity index (χ0n) is 19.1. The number of halogens is 1. The minimum Gasteiger partial charge on any atom is -0.494 e. The Hall–Kier alpha value is -2.60. The number of aryl methyl sites for hydroxylation is 1. The smallest absolute Gasteiger partial charge is 0.253 e. The molecule has 1 amide bonds. The number of hydrogen-bond acceptors (Lipinski definition) is 4. The normalized spacial score (nSPS) is 17.4. The molecular formula is C26H34FN3O2. The molecule has 2 saturated heterocycles. The summed E-state index contributed by atoms with van der Waals surface area (Å²) in [5.41, 5.74) is 2.21. The molecule has 0 aliphatic carbocycles. The molecule has 0 bridgehead atoms. The SMILES string of the molecule is Cc1cc(C(=O)N2CCN(c3ccc(OCCCN4CCCCC4)cc3)CC2)ccc1F. The van der Waals surface area contributed by atoms with Gasteiger partial charge in [-0.1, -0.05) is 6.42 Å². The van der Waals surface area contributed by atoms with Crippen LogP contribution >= 0.6 is 0 Å². The van der Waals surface area contributed by atoms with Crippen LogP contribution in [0.3, 0.4) is 0 Å². The van der Waals surface area contributed by atoms with Crippen molar-refractivity contribution < 1.29 is 13.9 Å². The van der Waals surface area contributed by atoms with Crippen molar-refractivity contribution in [2.45, 2.75) is 32.6 Å². The van der Waals surface area contributed by atoms with Gasteiger partial charge < -0.3 is 19.4 Å². The molecule has 0 unspecified atom stereocenters. The number of likely N-dealkylation sites (tertiary alicyclic amines) is 1. The van der Waals surface area contributed by atoms with Crippen molar-refractivity contribution >= 4 is 11.6 Å². The molecule has 2 aromatic carbocycles. The second-order valence-corrected chi connectivity index (χ2v) is 8.84. The van der Waals surface area contributed by atoms with Gasteiger partial charge in [0.1, 0.15) is 11.6 Å². The fourth-order valence-corrected chi connectivity index (χ4v) is 4.54. The Balaban J connectivity index is 1.21. The molecule has 2 aliphatic rings. The number of piperazine rings is 1. The molecule has 172 valence electrons.